The van der Waals surface area contributed by atoms with Gasteiger partial charge in [0, 0.05) is 22.8 Å². The molecule has 0 saturated carbocycles. The second-order valence-electron chi connectivity index (χ2n) is 7.47. The zero-order valence-electron chi connectivity index (χ0n) is 15.0. The van der Waals surface area contributed by atoms with Crippen molar-refractivity contribution in [2.45, 2.75) is 18.3 Å². The number of allylic oxidation sites excluding steroid dienone is 3. The van der Waals surface area contributed by atoms with Crippen LogP contribution in [-0.4, -0.2) is 0 Å². The van der Waals surface area contributed by atoms with Crippen LogP contribution in [0.25, 0.3) is 0 Å². The molecular weight excluding hydrogens is 328 g/mol. The van der Waals surface area contributed by atoms with Crippen molar-refractivity contribution in [3.05, 3.63) is 113 Å². The minimum atomic E-state index is -0.250. The standard InChI is InChI=1S/C25H20N2/c1-5-13-21-17(9-1)25(18-10-2-6-14-22(18)26-21)19-11-3-7-15-23(19)27-24-16-8-4-12-20(24)25/h1-3,5-11,13-16,26-27H,4,12H2. The molecule has 0 aromatic heterocycles. The average Bonchev–Trinajstić information content (AvgIpc) is 2.73. The van der Waals surface area contributed by atoms with Gasteiger partial charge >= 0.3 is 0 Å². The van der Waals surface area contributed by atoms with Crippen LogP contribution >= 0.6 is 0 Å². The second kappa shape index (κ2) is 5.37. The predicted octanol–water partition coefficient (Wildman–Crippen LogP) is 6.11. The highest BCUT2D eigenvalue weighted by Crippen LogP contribution is 2.59. The predicted molar refractivity (Wildman–Crippen MR) is 112 cm³/mol. The molecule has 0 radical (unpaired) electrons. The Morgan fingerprint density at radius 2 is 1.15 bits per heavy atom. The van der Waals surface area contributed by atoms with Gasteiger partial charge in [-0.15, -0.1) is 0 Å². The van der Waals surface area contributed by atoms with E-state index in [0.717, 1.165) is 12.8 Å². The summed E-state index contributed by atoms with van der Waals surface area (Å²) in [4.78, 5) is 0. The Morgan fingerprint density at radius 1 is 0.630 bits per heavy atom. The van der Waals surface area contributed by atoms with Crippen LogP contribution < -0.4 is 10.6 Å². The van der Waals surface area contributed by atoms with Gasteiger partial charge < -0.3 is 10.6 Å². The molecule has 0 saturated heterocycles. The van der Waals surface area contributed by atoms with Crippen molar-refractivity contribution in [3.63, 3.8) is 0 Å². The Labute approximate surface area is 159 Å². The summed E-state index contributed by atoms with van der Waals surface area (Å²) in [6, 6.07) is 26.4. The van der Waals surface area contributed by atoms with Gasteiger partial charge in [-0.3, -0.25) is 0 Å². The Balaban J connectivity index is 1.82. The highest BCUT2D eigenvalue weighted by atomic mass is 14.9. The maximum atomic E-state index is 3.70. The lowest BCUT2D eigenvalue weighted by molar-refractivity contribution is 0.657. The molecule has 6 rings (SSSR count). The van der Waals surface area contributed by atoms with Crippen LogP contribution in [0.4, 0.5) is 17.1 Å². The second-order valence-corrected chi connectivity index (χ2v) is 7.47. The summed E-state index contributed by atoms with van der Waals surface area (Å²) in [5, 5.41) is 7.38. The van der Waals surface area contributed by atoms with Crippen molar-refractivity contribution < 1.29 is 0 Å². The monoisotopic (exact) mass is 348 g/mol. The third kappa shape index (κ3) is 1.85. The largest absolute Gasteiger partial charge is 0.355 e. The number of hydrogen-bond donors (Lipinski definition) is 2. The quantitative estimate of drug-likeness (QED) is 0.512. The summed E-state index contributed by atoms with van der Waals surface area (Å²) in [5.74, 6) is 0. The summed E-state index contributed by atoms with van der Waals surface area (Å²) in [6.07, 6.45) is 6.70. The minimum absolute atomic E-state index is 0.250. The van der Waals surface area contributed by atoms with Crippen LogP contribution in [-0.2, 0) is 5.41 Å². The van der Waals surface area contributed by atoms with Gasteiger partial charge in [0.25, 0.3) is 0 Å². The van der Waals surface area contributed by atoms with Crippen LogP contribution in [0.15, 0.2) is 96.2 Å². The first-order chi connectivity index (χ1) is 13.4. The fourth-order valence-electron chi connectivity index (χ4n) is 5.14. The zero-order chi connectivity index (χ0) is 17.8. The van der Waals surface area contributed by atoms with E-state index in [1.807, 2.05) is 0 Å². The number of anilines is 3. The van der Waals surface area contributed by atoms with Crippen LogP contribution in [0.2, 0.25) is 0 Å². The maximum absolute atomic E-state index is 3.70. The van der Waals surface area contributed by atoms with E-state index in [1.165, 1.54) is 45.0 Å². The summed E-state index contributed by atoms with van der Waals surface area (Å²) in [6.45, 7) is 0. The molecule has 2 N–H and O–H groups in total. The molecule has 27 heavy (non-hydrogen) atoms. The van der Waals surface area contributed by atoms with Gasteiger partial charge in [0.05, 0.1) is 5.41 Å². The van der Waals surface area contributed by atoms with Crippen molar-refractivity contribution >= 4 is 17.1 Å². The van der Waals surface area contributed by atoms with E-state index in [9.17, 15) is 0 Å². The lowest BCUT2D eigenvalue weighted by atomic mass is 9.59. The zero-order valence-corrected chi connectivity index (χ0v) is 15.0. The SMILES string of the molecule is C1=CC2=C(CC1)C1(c3ccccc3N2)c2ccccc2Nc2ccccc21. The molecule has 0 atom stereocenters. The number of hydrogen-bond acceptors (Lipinski definition) is 2. The van der Waals surface area contributed by atoms with Gasteiger partial charge in [0.15, 0.2) is 0 Å². The third-order valence-corrected chi connectivity index (χ3v) is 6.16. The molecule has 2 aliphatic heterocycles. The number of nitrogens with one attached hydrogen (secondary N) is 2. The van der Waals surface area contributed by atoms with Gasteiger partial charge in [0.2, 0.25) is 0 Å². The van der Waals surface area contributed by atoms with Crippen molar-refractivity contribution in [1.29, 1.82) is 0 Å². The molecular formula is C25H20N2. The van der Waals surface area contributed by atoms with E-state index in [0.29, 0.717) is 0 Å². The summed E-state index contributed by atoms with van der Waals surface area (Å²) in [7, 11) is 0. The third-order valence-electron chi connectivity index (χ3n) is 6.16. The summed E-state index contributed by atoms with van der Waals surface area (Å²) in [5.41, 5.74) is 10.1. The Hall–Kier alpha value is -3.26. The molecule has 0 bridgehead atoms. The topological polar surface area (TPSA) is 24.1 Å². The minimum Gasteiger partial charge on any atom is -0.355 e. The molecule has 3 aliphatic rings. The van der Waals surface area contributed by atoms with E-state index in [4.69, 9.17) is 0 Å². The average molecular weight is 348 g/mol. The van der Waals surface area contributed by atoms with Gasteiger partial charge in [-0.1, -0.05) is 60.7 Å². The molecule has 0 unspecified atom stereocenters. The number of rotatable bonds is 0. The summed E-state index contributed by atoms with van der Waals surface area (Å²) < 4.78 is 0. The fourth-order valence-corrected chi connectivity index (χ4v) is 5.14. The van der Waals surface area contributed by atoms with E-state index < -0.39 is 0 Å². The van der Waals surface area contributed by atoms with Crippen LogP contribution in [0, 0.1) is 0 Å². The smallest absolute Gasteiger partial charge is 0.0745 e. The molecule has 2 heterocycles. The molecule has 2 heteroatoms. The van der Waals surface area contributed by atoms with E-state index in [1.54, 1.807) is 0 Å². The first kappa shape index (κ1) is 14.9. The highest BCUT2D eigenvalue weighted by molar-refractivity contribution is 5.86. The van der Waals surface area contributed by atoms with Crippen molar-refractivity contribution in [2.24, 2.45) is 0 Å². The molecule has 1 spiro atoms. The molecule has 3 aromatic carbocycles. The lowest BCUT2D eigenvalue weighted by Crippen LogP contribution is -2.40. The first-order valence-corrected chi connectivity index (χ1v) is 9.62. The molecule has 0 amide bonds. The normalized spacial score (nSPS) is 17.9. The van der Waals surface area contributed by atoms with Crippen LogP contribution in [0.1, 0.15) is 29.5 Å². The van der Waals surface area contributed by atoms with E-state index in [-0.39, 0.29) is 5.41 Å². The number of fused-ring (bicyclic) bond motifs is 7. The summed E-state index contributed by atoms with van der Waals surface area (Å²) >= 11 is 0. The lowest BCUT2D eigenvalue weighted by Gasteiger charge is -2.48. The van der Waals surface area contributed by atoms with Crippen LogP contribution in [0.3, 0.4) is 0 Å². The maximum Gasteiger partial charge on any atom is 0.0745 e. The van der Waals surface area contributed by atoms with Gasteiger partial charge in [-0.25, -0.2) is 0 Å². The first-order valence-electron chi connectivity index (χ1n) is 9.62. The molecule has 130 valence electrons. The van der Waals surface area contributed by atoms with Crippen molar-refractivity contribution in [3.8, 4) is 0 Å². The van der Waals surface area contributed by atoms with Crippen LogP contribution in [0.5, 0.6) is 0 Å². The van der Waals surface area contributed by atoms with E-state index in [2.05, 4.69) is 95.6 Å². The number of para-hydroxylation sites is 3. The Bertz CT molecular complexity index is 1090. The van der Waals surface area contributed by atoms with Crippen molar-refractivity contribution in [1.82, 2.24) is 0 Å². The Morgan fingerprint density at radius 3 is 1.74 bits per heavy atom. The highest BCUT2D eigenvalue weighted by Gasteiger charge is 2.49. The van der Waals surface area contributed by atoms with E-state index >= 15 is 0 Å². The molecule has 3 aromatic rings. The molecule has 1 aliphatic carbocycles. The fraction of sp³-hybridized carbons (Fsp3) is 0.120. The van der Waals surface area contributed by atoms with Gasteiger partial charge in [-0.2, -0.15) is 0 Å². The Kier molecular flexibility index (Phi) is 2.96. The van der Waals surface area contributed by atoms with Gasteiger partial charge in [0.1, 0.15) is 0 Å². The molecule has 2 nitrogen and oxygen atoms in total. The molecule has 0 fully saturated rings. The number of benzene rings is 3. The van der Waals surface area contributed by atoms with Gasteiger partial charge in [-0.05, 0) is 59.4 Å². The van der Waals surface area contributed by atoms with Crippen molar-refractivity contribution in [2.75, 3.05) is 10.6 Å².